The van der Waals surface area contributed by atoms with Crippen LogP contribution < -0.4 is 0 Å². The van der Waals surface area contributed by atoms with Gasteiger partial charge in [-0.25, -0.2) is 17.6 Å². The van der Waals surface area contributed by atoms with Crippen molar-refractivity contribution < 1.29 is 35.9 Å². The van der Waals surface area contributed by atoms with Gasteiger partial charge in [-0.15, -0.1) is 0 Å². The summed E-state index contributed by atoms with van der Waals surface area (Å²) in [5.74, 6) is -6.79. The van der Waals surface area contributed by atoms with Crippen LogP contribution in [0.25, 0.3) is 0 Å². The van der Waals surface area contributed by atoms with Crippen LogP contribution in [-0.2, 0) is 16.0 Å². The highest BCUT2D eigenvalue weighted by molar-refractivity contribution is 5.82. The molecule has 0 aliphatic heterocycles. The van der Waals surface area contributed by atoms with Gasteiger partial charge in [0, 0.05) is 6.42 Å². The van der Waals surface area contributed by atoms with Gasteiger partial charge in [0.2, 0.25) is 0 Å². The van der Waals surface area contributed by atoms with Crippen LogP contribution in [-0.4, -0.2) is 31.3 Å². The molecule has 1 rings (SSSR count). The minimum Gasteiger partial charge on any atom is -0.367 e. The van der Waals surface area contributed by atoms with Crippen molar-refractivity contribution in [2.24, 2.45) is 0 Å². The van der Waals surface area contributed by atoms with Crippen LogP contribution >= 0.6 is 0 Å². The number of halogens is 6. The summed E-state index contributed by atoms with van der Waals surface area (Å²) >= 11 is 0. The van der Waals surface area contributed by atoms with E-state index in [4.69, 9.17) is 0 Å². The maximum Gasteiger partial charge on any atom is 0.330 e. The molecule has 8 heteroatoms. The van der Waals surface area contributed by atoms with Crippen molar-refractivity contribution in [3.8, 4) is 0 Å². The van der Waals surface area contributed by atoms with E-state index in [1.54, 1.807) is 0 Å². The van der Waals surface area contributed by atoms with E-state index in [1.165, 1.54) is 0 Å². The van der Waals surface area contributed by atoms with Crippen molar-refractivity contribution in [3.63, 3.8) is 0 Å². The Balaban J connectivity index is 2.47. The number of ketones is 1. The van der Waals surface area contributed by atoms with Crippen LogP contribution in [0.4, 0.5) is 26.3 Å². The predicted molar refractivity (Wildman–Crippen MR) is 56.8 cm³/mol. The SMILES string of the molecule is O=C(COCC(F)(F)C(F)F)Cc1cc(F)ccc1F. The van der Waals surface area contributed by atoms with E-state index < -0.39 is 49.4 Å². The summed E-state index contributed by atoms with van der Waals surface area (Å²) in [5.41, 5.74) is -0.265. The van der Waals surface area contributed by atoms with Crippen LogP contribution in [0, 0.1) is 11.6 Å². The number of carbonyl (C=O) groups is 1. The minimum absolute atomic E-state index is 0.265. The first kappa shape index (κ1) is 16.5. The van der Waals surface area contributed by atoms with Crippen molar-refractivity contribution in [2.75, 3.05) is 13.2 Å². The topological polar surface area (TPSA) is 26.3 Å². The maximum atomic E-state index is 13.2. The van der Waals surface area contributed by atoms with Gasteiger partial charge in [-0.1, -0.05) is 0 Å². The van der Waals surface area contributed by atoms with Gasteiger partial charge in [-0.05, 0) is 23.8 Å². The van der Waals surface area contributed by atoms with Crippen LogP contribution in [0.2, 0.25) is 0 Å². The van der Waals surface area contributed by atoms with Crippen LogP contribution in [0.5, 0.6) is 0 Å². The summed E-state index contributed by atoms with van der Waals surface area (Å²) < 4.78 is 78.6. The molecule has 2 nitrogen and oxygen atoms in total. The lowest BCUT2D eigenvalue weighted by Crippen LogP contribution is -2.33. The van der Waals surface area contributed by atoms with E-state index in [-0.39, 0.29) is 5.56 Å². The molecule has 0 saturated heterocycles. The molecule has 0 N–H and O–H groups in total. The van der Waals surface area contributed by atoms with Crippen molar-refractivity contribution in [1.82, 2.24) is 0 Å². The highest BCUT2D eigenvalue weighted by Gasteiger charge is 2.41. The summed E-state index contributed by atoms with van der Waals surface area (Å²) in [6.07, 6.45) is -4.48. The normalized spacial score (nSPS) is 11.9. The van der Waals surface area contributed by atoms with Crippen LogP contribution in [0.15, 0.2) is 18.2 Å². The highest BCUT2D eigenvalue weighted by atomic mass is 19.3. The Morgan fingerprint density at radius 1 is 1.25 bits per heavy atom. The Morgan fingerprint density at radius 3 is 2.50 bits per heavy atom. The number of hydrogen-bond acceptors (Lipinski definition) is 2. The smallest absolute Gasteiger partial charge is 0.330 e. The second kappa shape index (κ2) is 6.74. The summed E-state index contributed by atoms with van der Waals surface area (Å²) in [5, 5.41) is 0. The predicted octanol–water partition coefficient (Wildman–Crippen LogP) is 2.99. The Bertz CT molecular complexity index is 475. The van der Waals surface area contributed by atoms with Gasteiger partial charge >= 0.3 is 12.3 Å². The van der Waals surface area contributed by atoms with Crippen LogP contribution in [0.1, 0.15) is 5.56 Å². The van der Waals surface area contributed by atoms with Gasteiger partial charge in [0.25, 0.3) is 0 Å². The number of rotatable bonds is 7. The first-order valence-electron chi connectivity index (χ1n) is 5.41. The number of alkyl halides is 4. The molecule has 0 radical (unpaired) electrons. The Labute approximate surface area is 110 Å². The quantitative estimate of drug-likeness (QED) is 0.724. The van der Waals surface area contributed by atoms with Crippen molar-refractivity contribution in [3.05, 3.63) is 35.4 Å². The molecule has 0 fully saturated rings. The third-order valence-corrected chi connectivity index (χ3v) is 2.27. The molecule has 0 aliphatic rings. The van der Waals surface area contributed by atoms with Crippen molar-refractivity contribution in [2.45, 2.75) is 18.8 Å². The number of Topliss-reactive ketones (excluding diaryl/α,β-unsaturated/α-hetero) is 1. The second-order valence-electron chi connectivity index (χ2n) is 4.01. The molecule has 20 heavy (non-hydrogen) atoms. The van der Waals surface area contributed by atoms with Gasteiger partial charge in [-0.2, -0.15) is 8.78 Å². The fourth-order valence-electron chi connectivity index (χ4n) is 1.31. The van der Waals surface area contributed by atoms with Gasteiger partial charge in [-0.3, -0.25) is 4.79 Å². The van der Waals surface area contributed by atoms with Gasteiger partial charge in [0.15, 0.2) is 5.78 Å². The molecular weight excluding hydrogens is 290 g/mol. The average Bonchev–Trinajstić information content (AvgIpc) is 2.33. The molecule has 0 amide bonds. The van der Waals surface area contributed by atoms with Gasteiger partial charge in [0.05, 0.1) is 0 Å². The lowest BCUT2D eigenvalue weighted by Gasteiger charge is -2.14. The van der Waals surface area contributed by atoms with E-state index in [0.29, 0.717) is 0 Å². The third-order valence-electron chi connectivity index (χ3n) is 2.27. The minimum atomic E-state index is -4.36. The third kappa shape index (κ3) is 4.84. The molecule has 1 aromatic rings. The van der Waals surface area contributed by atoms with Crippen molar-refractivity contribution in [1.29, 1.82) is 0 Å². The number of hydrogen-bond donors (Lipinski definition) is 0. The second-order valence-corrected chi connectivity index (χ2v) is 4.01. The first-order chi connectivity index (χ1) is 9.22. The number of benzene rings is 1. The number of ether oxygens (including phenoxy) is 1. The van der Waals surface area contributed by atoms with E-state index in [0.717, 1.165) is 18.2 Å². The molecule has 0 unspecified atom stereocenters. The zero-order chi connectivity index (χ0) is 15.3. The lowest BCUT2D eigenvalue weighted by molar-refractivity contribution is -0.168. The molecule has 0 aromatic heterocycles. The molecule has 0 aliphatic carbocycles. The van der Waals surface area contributed by atoms with Gasteiger partial charge in [0.1, 0.15) is 24.8 Å². The first-order valence-corrected chi connectivity index (χ1v) is 5.41. The largest absolute Gasteiger partial charge is 0.367 e. The molecule has 0 heterocycles. The lowest BCUT2D eigenvalue weighted by atomic mass is 10.1. The molecule has 0 bridgehead atoms. The fourth-order valence-corrected chi connectivity index (χ4v) is 1.31. The Hall–Kier alpha value is -1.57. The van der Waals surface area contributed by atoms with Gasteiger partial charge < -0.3 is 4.74 Å². The molecule has 0 saturated carbocycles. The highest BCUT2D eigenvalue weighted by Crippen LogP contribution is 2.22. The number of carbonyl (C=O) groups excluding carboxylic acids is 1. The summed E-state index contributed by atoms with van der Waals surface area (Å²) in [4.78, 5) is 11.3. The van der Waals surface area contributed by atoms with E-state index in [1.807, 2.05) is 0 Å². The molecule has 0 atom stereocenters. The fraction of sp³-hybridized carbons (Fsp3) is 0.417. The monoisotopic (exact) mass is 300 g/mol. The molecular formula is C12H10F6O2. The summed E-state index contributed by atoms with van der Waals surface area (Å²) in [7, 11) is 0. The average molecular weight is 300 g/mol. The summed E-state index contributed by atoms with van der Waals surface area (Å²) in [6.45, 7) is -2.51. The zero-order valence-corrected chi connectivity index (χ0v) is 10.0. The zero-order valence-electron chi connectivity index (χ0n) is 10.0. The maximum absolute atomic E-state index is 13.2. The summed E-state index contributed by atoms with van der Waals surface area (Å²) in [6, 6.07) is 2.44. The molecule has 1 aromatic carbocycles. The van der Waals surface area contributed by atoms with E-state index >= 15 is 0 Å². The van der Waals surface area contributed by atoms with Crippen molar-refractivity contribution >= 4 is 5.78 Å². The molecule has 0 spiro atoms. The van der Waals surface area contributed by atoms with E-state index in [9.17, 15) is 31.1 Å². The Kier molecular flexibility index (Phi) is 5.55. The molecule has 112 valence electrons. The van der Waals surface area contributed by atoms with E-state index in [2.05, 4.69) is 4.74 Å². The Morgan fingerprint density at radius 2 is 1.90 bits per heavy atom. The standard InChI is InChI=1S/C12H10F6O2/c13-8-1-2-10(14)7(3-8)4-9(19)5-20-6-12(17,18)11(15)16/h1-3,11H,4-6H2. The van der Waals surface area contributed by atoms with Crippen LogP contribution in [0.3, 0.4) is 0 Å².